The second kappa shape index (κ2) is 10.0. The third-order valence-corrected chi connectivity index (χ3v) is 4.51. The molecule has 1 aliphatic heterocycles. The number of rotatable bonds is 9. The molecule has 1 saturated heterocycles. The summed E-state index contributed by atoms with van der Waals surface area (Å²) in [6, 6.07) is 10.1. The van der Waals surface area contributed by atoms with Gasteiger partial charge in [0.05, 0.1) is 13.2 Å². The van der Waals surface area contributed by atoms with Crippen molar-refractivity contribution in [2.45, 2.75) is 25.4 Å². The maximum Gasteiger partial charge on any atom is 0.317 e. The normalized spacial score (nSPS) is 16.6. The first-order valence-corrected chi connectivity index (χ1v) is 9.22. The van der Waals surface area contributed by atoms with Crippen LogP contribution < -0.4 is 5.32 Å². The average Bonchev–Trinajstić information content (AvgIpc) is 3.35. The number of nitrogens with one attached hydrogen (secondary N) is 1. The second-order valence-corrected chi connectivity index (χ2v) is 6.49. The van der Waals surface area contributed by atoms with E-state index in [9.17, 15) is 4.79 Å². The lowest BCUT2D eigenvalue weighted by atomic mass is 10.1. The third-order valence-electron chi connectivity index (χ3n) is 4.51. The highest BCUT2D eigenvalue weighted by Gasteiger charge is 2.30. The molecule has 27 heavy (non-hydrogen) atoms. The summed E-state index contributed by atoms with van der Waals surface area (Å²) >= 11 is 0. The van der Waals surface area contributed by atoms with Crippen molar-refractivity contribution in [1.29, 1.82) is 0 Å². The highest BCUT2D eigenvalue weighted by molar-refractivity contribution is 5.74. The minimum atomic E-state index is -0.0416. The van der Waals surface area contributed by atoms with Crippen molar-refractivity contribution >= 4 is 6.03 Å². The van der Waals surface area contributed by atoms with Gasteiger partial charge in [-0.2, -0.15) is 4.98 Å². The van der Waals surface area contributed by atoms with Gasteiger partial charge in [0, 0.05) is 32.7 Å². The van der Waals surface area contributed by atoms with E-state index in [2.05, 4.69) is 27.6 Å². The Bertz CT molecular complexity index is 707. The molecule has 1 aromatic heterocycles. The van der Waals surface area contributed by atoms with Crippen molar-refractivity contribution in [2.24, 2.45) is 0 Å². The van der Waals surface area contributed by atoms with Gasteiger partial charge in [0.15, 0.2) is 5.82 Å². The summed E-state index contributed by atoms with van der Waals surface area (Å²) in [7, 11) is 1.62. The Morgan fingerprint density at radius 2 is 2.19 bits per heavy atom. The molecule has 2 amide bonds. The molecule has 1 aliphatic rings. The molecular formula is C19H26N4O4. The lowest BCUT2D eigenvalue weighted by Crippen LogP contribution is -2.39. The molecule has 146 valence electrons. The first-order chi connectivity index (χ1) is 13.3. The van der Waals surface area contributed by atoms with Crippen LogP contribution in [0.4, 0.5) is 4.79 Å². The second-order valence-electron chi connectivity index (χ2n) is 6.49. The maximum absolute atomic E-state index is 12.3. The molecule has 2 heterocycles. The van der Waals surface area contributed by atoms with E-state index in [1.807, 2.05) is 18.2 Å². The number of hydrogen-bond donors (Lipinski definition) is 1. The molecule has 1 unspecified atom stereocenters. The van der Waals surface area contributed by atoms with E-state index in [1.165, 1.54) is 5.56 Å². The van der Waals surface area contributed by atoms with Gasteiger partial charge in [0.25, 0.3) is 5.89 Å². The van der Waals surface area contributed by atoms with E-state index in [0.29, 0.717) is 44.6 Å². The van der Waals surface area contributed by atoms with E-state index in [-0.39, 0.29) is 18.6 Å². The molecule has 0 spiro atoms. The maximum atomic E-state index is 12.3. The number of carbonyl (C=O) groups is 1. The summed E-state index contributed by atoms with van der Waals surface area (Å²) in [4.78, 5) is 18.5. The Labute approximate surface area is 158 Å². The highest BCUT2D eigenvalue weighted by Crippen LogP contribution is 2.25. The number of hydrogen-bond acceptors (Lipinski definition) is 6. The largest absolute Gasteiger partial charge is 0.382 e. The topological polar surface area (TPSA) is 89.7 Å². The van der Waals surface area contributed by atoms with Crippen LogP contribution in [0, 0.1) is 0 Å². The number of methoxy groups -OCH3 is 1. The van der Waals surface area contributed by atoms with E-state index in [4.69, 9.17) is 14.0 Å². The molecular weight excluding hydrogens is 348 g/mol. The molecule has 1 fully saturated rings. The Morgan fingerprint density at radius 1 is 1.33 bits per heavy atom. The summed E-state index contributed by atoms with van der Waals surface area (Å²) in [5.74, 6) is 1.19. The van der Waals surface area contributed by atoms with Gasteiger partial charge in [0.2, 0.25) is 0 Å². The number of ether oxygens (including phenoxy) is 2. The van der Waals surface area contributed by atoms with Crippen molar-refractivity contribution < 1.29 is 18.8 Å². The van der Waals surface area contributed by atoms with Crippen molar-refractivity contribution in [2.75, 3.05) is 40.0 Å². The van der Waals surface area contributed by atoms with E-state index in [0.717, 1.165) is 12.8 Å². The lowest BCUT2D eigenvalue weighted by molar-refractivity contribution is 0.0494. The smallest absolute Gasteiger partial charge is 0.317 e. The third kappa shape index (κ3) is 5.77. The van der Waals surface area contributed by atoms with Crippen LogP contribution in [0.25, 0.3) is 0 Å². The Balaban J connectivity index is 1.40. The van der Waals surface area contributed by atoms with Gasteiger partial charge >= 0.3 is 6.03 Å². The van der Waals surface area contributed by atoms with Crippen molar-refractivity contribution in [1.82, 2.24) is 20.4 Å². The molecule has 0 radical (unpaired) electrons. The van der Waals surface area contributed by atoms with Crippen LogP contribution in [0.5, 0.6) is 0 Å². The molecule has 8 heteroatoms. The summed E-state index contributed by atoms with van der Waals surface area (Å²) in [5, 5.41) is 7.02. The number of amides is 2. The summed E-state index contributed by atoms with van der Waals surface area (Å²) in [6.07, 6.45) is 1.65. The lowest BCUT2D eigenvalue weighted by Gasteiger charge is -2.16. The van der Waals surface area contributed by atoms with Gasteiger partial charge in [0.1, 0.15) is 6.61 Å². The summed E-state index contributed by atoms with van der Waals surface area (Å²) < 4.78 is 15.5. The first-order valence-electron chi connectivity index (χ1n) is 9.22. The van der Waals surface area contributed by atoms with Gasteiger partial charge in [-0.1, -0.05) is 35.5 Å². The minimum absolute atomic E-state index is 0.0416. The molecule has 8 nitrogen and oxygen atoms in total. The van der Waals surface area contributed by atoms with E-state index in [1.54, 1.807) is 12.0 Å². The van der Waals surface area contributed by atoms with Crippen molar-refractivity contribution in [3.8, 4) is 0 Å². The molecule has 0 bridgehead atoms. The van der Waals surface area contributed by atoms with Crippen LogP contribution >= 0.6 is 0 Å². The fraction of sp³-hybridized carbons (Fsp3) is 0.526. The van der Waals surface area contributed by atoms with Crippen LogP contribution in [-0.4, -0.2) is 61.0 Å². The summed E-state index contributed by atoms with van der Waals surface area (Å²) in [6.45, 7) is 3.19. The number of benzene rings is 1. The Kier molecular flexibility index (Phi) is 7.18. The number of urea groups is 1. The average molecular weight is 374 g/mol. The van der Waals surface area contributed by atoms with Crippen LogP contribution in [-0.2, 0) is 22.5 Å². The SMILES string of the molecule is COCCOCc1nc(C2CCN(C(=O)NCCc3ccccc3)C2)no1. The molecule has 3 rings (SSSR count). The predicted octanol–water partition coefficient (Wildman–Crippen LogP) is 1.97. The van der Waals surface area contributed by atoms with Crippen LogP contribution in [0.2, 0.25) is 0 Å². The zero-order chi connectivity index (χ0) is 18.9. The predicted molar refractivity (Wildman–Crippen MR) is 98.3 cm³/mol. The van der Waals surface area contributed by atoms with Crippen molar-refractivity contribution in [3.05, 3.63) is 47.6 Å². The Hall–Kier alpha value is -2.45. The standard InChI is InChI=1S/C19H26N4O4/c1-25-11-12-26-14-17-21-18(22-27-17)16-8-10-23(13-16)19(24)20-9-7-15-5-3-2-4-6-15/h2-6,16H,7-14H2,1H3,(H,20,24). The van der Waals surface area contributed by atoms with Crippen LogP contribution in [0.15, 0.2) is 34.9 Å². The van der Waals surface area contributed by atoms with E-state index < -0.39 is 0 Å². The van der Waals surface area contributed by atoms with Gasteiger partial charge in [-0.15, -0.1) is 0 Å². The van der Waals surface area contributed by atoms with Crippen molar-refractivity contribution in [3.63, 3.8) is 0 Å². The fourth-order valence-electron chi connectivity index (χ4n) is 3.02. The number of likely N-dealkylation sites (tertiary alicyclic amines) is 1. The number of carbonyl (C=O) groups excluding carboxylic acids is 1. The minimum Gasteiger partial charge on any atom is -0.382 e. The Morgan fingerprint density at radius 3 is 3.00 bits per heavy atom. The highest BCUT2D eigenvalue weighted by atomic mass is 16.5. The number of nitrogens with zero attached hydrogens (tertiary/aromatic N) is 3. The quantitative estimate of drug-likeness (QED) is 0.675. The zero-order valence-electron chi connectivity index (χ0n) is 15.6. The van der Waals surface area contributed by atoms with Crippen LogP contribution in [0.1, 0.15) is 29.6 Å². The molecule has 1 aromatic carbocycles. The van der Waals surface area contributed by atoms with Gasteiger partial charge in [-0.25, -0.2) is 4.79 Å². The van der Waals surface area contributed by atoms with E-state index >= 15 is 0 Å². The molecule has 0 aliphatic carbocycles. The van der Waals surface area contributed by atoms with Gasteiger partial charge in [-0.3, -0.25) is 0 Å². The summed E-state index contributed by atoms with van der Waals surface area (Å²) in [5.41, 5.74) is 1.21. The number of aromatic nitrogens is 2. The molecule has 1 atom stereocenters. The van der Waals surface area contributed by atoms with Crippen LogP contribution in [0.3, 0.4) is 0 Å². The fourth-order valence-corrected chi connectivity index (χ4v) is 3.02. The first kappa shape index (κ1) is 19.3. The molecule has 0 saturated carbocycles. The van der Waals surface area contributed by atoms with Gasteiger partial charge in [-0.05, 0) is 18.4 Å². The van der Waals surface area contributed by atoms with Gasteiger partial charge < -0.3 is 24.2 Å². The molecule has 2 aromatic rings. The molecule has 1 N–H and O–H groups in total. The monoisotopic (exact) mass is 374 g/mol. The zero-order valence-corrected chi connectivity index (χ0v) is 15.6.